The average Bonchev–Trinajstić information content (AvgIpc) is 3.58. The molecule has 2 aliphatic rings. The number of allylic oxidation sites excluding steroid dienone is 1. The van der Waals surface area contributed by atoms with Gasteiger partial charge in [-0.1, -0.05) is 60.7 Å². The van der Waals surface area contributed by atoms with E-state index in [1.165, 1.54) is 0 Å². The molecule has 1 aromatic heterocycles. The quantitative estimate of drug-likeness (QED) is 0.115. The molecular formula is C41H48N6O5. The van der Waals surface area contributed by atoms with Crippen molar-refractivity contribution in [3.05, 3.63) is 123 Å². The number of unbranched alkanes of at least 4 members (excludes halogenated alkanes) is 1. The molecule has 3 unspecified atom stereocenters. The second-order valence-electron chi connectivity index (χ2n) is 13.8. The predicted molar refractivity (Wildman–Crippen MR) is 199 cm³/mol. The van der Waals surface area contributed by atoms with Crippen molar-refractivity contribution >= 4 is 24.0 Å². The standard InChI is InChI=1S/C41H48N6O5/c1-26-20-31(48)21-27(2)32(26)23-33(42)40(50)47-24-30-15-7-6-14-29(30)22-37(47)39(49)46-36(38-44-34-16-8-9-17-35(34)45-38)18-10-11-19-43-41(51)52-25-28-12-4-3-5-13-28/h3-8,12-16,20-21,33,36-37,48H,9-11,17-19,22-25,42H2,1-2H3,(H,43,51)(H,44,45)(H,46,49). The third-order valence-electron chi connectivity index (χ3n) is 9.97. The number of amides is 3. The van der Waals surface area contributed by atoms with Gasteiger partial charge in [0.2, 0.25) is 11.8 Å². The second kappa shape index (κ2) is 16.7. The molecule has 3 amide bonds. The minimum atomic E-state index is -0.881. The molecule has 1 aliphatic carbocycles. The van der Waals surface area contributed by atoms with Crippen LogP contribution in [0.15, 0.2) is 72.8 Å². The lowest BCUT2D eigenvalue weighted by atomic mass is 9.91. The van der Waals surface area contributed by atoms with Gasteiger partial charge in [0.1, 0.15) is 24.2 Å². The van der Waals surface area contributed by atoms with Crippen molar-refractivity contribution in [1.29, 1.82) is 0 Å². The highest BCUT2D eigenvalue weighted by Crippen LogP contribution is 2.28. The normalized spacial score (nSPS) is 16.0. The fraction of sp³-hybridized carbons (Fsp3) is 0.366. The number of phenols is 1. The highest BCUT2D eigenvalue weighted by molar-refractivity contribution is 5.91. The number of phenolic OH excluding ortho intramolecular Hbond substituents is 1. The van der Waals surface area contributed by atoms with Gasteiger partial charge in [0, 0.05) is 25.2 Å². The number of ether oxygens (including phenoxy) is 1. The third-order valence-corrected chi connectivity index (χ3v) is 9.97. The molecule has 272 valence electrons. The van der Waals surface area contributed by atoms with Crippen LogP contribution < -0.4 is 16.4 Å². The first-order valence-electron chi connectivity index (χ1n) is 18.1. The Morgan fingerprint density at radius 3 is 2.52 bits per heavy atom. The third kappa shape index (κ3) is 8.89. The van der Waals surface area contributed by atoms with Gasteiger partial charge in [-0.2, -0.15) is 0 Å². The lowest BCUT2D eigenvalue weighted by Gasteiger charge is -2.38. The van der Waals surface area contributed by atoms with Crippen molar-refractivity contribution in [2.24, 2.45) is 5.73 Å². The topological polar surface area (TPSA) is 163 Å². The molecule has 3 atom stereocenters. The summed E-state index contributed by atoms with van der Waals surface area (Å²) in [7, 11) is 0. The van der Waals surface area contributed by atoms with Crippen LogP contribution >= 0.6 is 0 Å². The average molecular weight is 705 g/mol. The summed E-state index contributed by atoms with van der Waals surface area (Å²) in [6.45, 7) is 4.67. The van der Waals surface area contributed by atoms with Crippen LogP contribution in [0.1, 0.15) is 82.3 Å². The van der Waals surface area contributed by atoms with Crippen LogP contribution in [-0.4, -0.2) is 56.5 Å². The van der Waals surface area contributed by atoms with E-state index in [0.717, 1.165) is 57.6 Å². The number of aromatic hydroxyl groups is 1. The molecule has 52 heavy (non-hydrogen) atoms. The van der Waals surface area contributed by atoms with Crippen molar-refractivity contribution < 1.29 is 24.2 Å². The maximum Gasteiger partial charge on any atom is 0.407 e. The van der Waals surface area contributed by atoms with Gasteiger partial charge in [-0.15, -0.1) is 0 Å². The number of aromatic nitrogens is 2. The Kier molecular flexibility index (Phi) is 11.7. The molecule has 2 heterocycles. The van der Waals surface area contributed by atoms with Crippen molar-refractivity contribution in [2.45, 2.75) is 90.1 Å². The Labute approximate surface area is 304 Å². The summed E-state index contributed by atoms with van der Waals surface area (Å²) >= 11 is 0. The first kappa shape index (κ1) is 36.4. The number of fused-ring (bicyclic) bond motifs is 2. The zero-order chi connectivity index (χ0) is 36.6. The Balaban J connectivity index is 1.14. The molecule has 0 spiro atoms. The van der Waals surface area contributed by atoms with Crippen molar-refractivity contribution in [2.75, 3.05) is 6.54 Å². The lowest BCUT2D eigenvalue weighted by molar-refractivity contribution is -0.143. The van der Waals surface area contributed by atoms with Crippen molar-refractivity contribution in [1.82, 2.24) is 25.5 Å². The second-order valence-corrected chi connectivity index (χ2v) is 13.8. The first-order chi connectivity index (χ1) is 25.2. The highest BCUT2D eigenvalue weighted by Gasteiger charge is 2.38. The molecule has 6 N–H and O–H groups in total. The van der Waals surface area contributed by atoms with Gasteiger partial charge in [0.05, 0.1) is 17.8 Å². The minimum Gasteiger partial charge on any atom is -0.508 e. The Morgan fingerprint density at radius 1 is 1.04 bits per heavy atom. The number of imidazole rings is 1. The maximum absolute atomic E-state index is 14.3. The summed E-state index contributed by atoms with van der Waals surface area (Å²) in [5.74, 6) is 0.263. The van der Waals surface area contributed by atoms with E-state index in [1.54, 1.807) is 17.0 Å². The van der Waals surface area contributed by atoms with E-state index in [1.807, 2.05) is 74.5 Å². The minimum absolute atomic E-state index is 0.170. The number of rotatable bonds is 13. The van der Waals surface area contributed by atoms with E-state index >= 15 is 0 Å². The number of hydrogen-bond donors (Lipinski definition) is 5. The first-order valence-corrected chi connectivity index (χ1v) is 18.1. The highest BCUT2D eigenvalue weighted by atomic mass is 16.5. The number of aromatic amines is 1. The molecule has 11 nitrogen and oxygen atoms in total. The summed E-state index contributed by atoms with van der Waals surface area (Å²) < 4.78 is 5.33. The molecule has 11 heteroatoms. The maximum atomic E-state index is 14.3. The number of carbonyl (C=O) groups excluding carboxylic acids is 3. The van der Waals surface area contributed by atoms with E-state index < -0.39 is 24.2 Å². The number of nitrogens with zero attached hydrogens (tertiary/aromatic N) is 2. The molecule has 4 aromatic rings. The van der Waals surface area contributed by atoms with E-state index in [-0.39, 0.29) is 37.1 Å². The number of hydrogen-bond acceptors (Lipinski definition) is 7. The van der Waals surface area contributed by atoms with Crippen LogP contribution in [0.25, 0.3) is 6.08 Å². The summed E-state index contributed by atoms with van der Waals surface area (Å²) in [5.41, 5.74) is 14.1. The molecule has 0 radical (unpaired) electrons. The van der Waals surface area contributed by atoms with Crippen LogP contribution in [0, 0.1) is 13.8 Å². The summed E-state index contributed by atoms with van der Waals surface area (Å²) in [6, 6.07) is 18.6. The Morgan fingerprint density at radius 2 is 1.77 bits per heavy atom. The number of H-pyrrole nitrogens is 1. The van der Waals surface area contributed by atoms with Crippen LogP contribution in [-0.2, 0) is 46.7 Å². The van der Waals surface area contributed by atoms with Gasteiger partial charge in [-0.05, 0) is 104 Å². The van der Waals surface area contributed by atoms with Gasteiger partial charge in [0.15, 0.2) is 0 Å². The van der Waals surface area contributed by atoms with Gasteiger partial charge in [0.25, 0.3) is 0 Å². The molecule has 0 saturated carbocycles. The lowest BCUT2D eigenvalue weighted by Crippen LogP contribution is -2.57. The summed E-state index contributed by atoms with van der Waals surface area (Å²) in [5, 5.41) is 16.1. The monoisotopic (exact) mass is 704 g/mol. The molecular weight excluding hydrogens is 656 g/mol. The fourth-order valence-electron chi connectivity index (χ4n) is 7.14. The smallest absolute Gasteiger partial charge is 0.407 e. The van der Waals surface area contributed by atoms with E-state index in [4.69, 9.17) is 15.5 Å². The number of nitrogens with one attached hydrogen (secondary N) is 3. The zero-order valence-electron chi connectivity index (χ0n) is 29.9. The van der Waals surface area contributed by atoms with Crippen molar-refractivity contribution in [3.8, 4) is 5.75 Å². The van der Waals surface area contributed by atoms with Crippen LogP contribution in [0.3, 0.4) is 0 Å². The van der Waals surface area contributed by atoms with E-state index in [2.05, 4.69) is 21.7 Å². The molecule has 0 fully saturated rings. The Hall–Kier alpha value is -5.42. The van der Waals surface area contributed by atoms with Gasteiger partial charge < -0.3 is 36.1 Å². The molecule has 1 aliphatic heterocycles. The molecule has 6 rings (SSSR count). The van der Waals surface area contributed by atoms with Crippen LogP contribution in [0.5, 0.6) is 5.75 Å². The number of aryl methyl sites for hydroxylation is 3. The van der Waals surface area contributed by atoms with Crippen LogP contribution in [0.2, 0.25) is 0 Å². The van der Waals surface area contributed by atoms with Gasteiger partial charge >= 0.3 is 6.09 Å². The van der Waals surface area contributed by atoms with Gasteiger partial charge in [-0.25, -0.2) is 9.78 Å². The Bertz CT molecular complexity index is 1900. The van der Waals surface area contributed by atoms with E-state index in [9.17, 15) is 19.5 Å². The fourth-order valence-corrected chi connectivity index (χ4v) is 7.14. The predicted octanol–water partition coefficient (Wildman–Crippen LogP) is 5.47. The number of benzene rings is 3. The molecule has 0 bridgehead atoms. The summed E-state index contributed by atoms with van der Waals surface area (Å²) in [4.78, 5) is 50.7. The van der Waals surface area contributed by atoms with Gasteiger partial charge in [-0.3, -0.25) is 9.59 Å². The number of carbonyl (C=O) groups is 3. The largest absolute Gasteiger partial charge is 0.508 e. The number of alkyl carbamates (subject to hydrolysis) is 1. The molecule has 0 saturated heterocycles. The molecule has 3 aromatic carbocycles. The van der Waals surface area contributed by atoms with Crippen molar-refractivity contribution in [3.63, 3.8) is 0 Å². The zero-order valence-corrected chi connectivity index (χ0v) is 29.9. The van der Waals surface area contributed by atoms with Crippen LogP contribution in [0.4, 0.5) is 4.79 Å². The number of nitrogens with two attached hydrogens (primary N) is 1. The summed E-state index contributed by atoms with van der Waals surface area (Å²) in [6.07, 6.45) is 7.94. The van der Waals surface area contributed by atoms with E-state index in [0.29, 0.717) is 38.1 Å². The SMILES string of the molecule is Cc1cc(O)cc(C)c1CC(N)C(=O)N1Cc2ccccc2CC1C(=O)NC(CCCCNC(=O)OCc1ccccc1)c1nc2c([nH]1)CCC=C2.